The average Bonchev–Trinajstić information content (AvgIpc) is 2.54. The minimum Gasteiger partial charge on any atom is -0.489 e. The zero-order valence-corrected chi connectivity index (χ0v) is 15.6. The fourth-order valence-electron chi connectivity index (χ4n) is 2.28. The van der Waals surface area contributed by atoms with Gasteiger partial charge in [-0.1, -0.05) is 24.3 Å². The smallest absolute Gasteiger partial charge is 0.245 e. The monoisotopic (exact) mass is 380 g/mol. The van der Waals surface area contributed by atoms with Gasteiger partial charge in [-0.3, -0.25) is 9.10 Å². The third kappa shape index (κ3) is 5.19. The lowest BCUT2D eigenvalue weighted by Gasteiger charge is -2.22. The number of amides is 1. The fourth-order valence-corrected chi connectivity index (χ4v) is 3.14. The predicted octanol–water partition coefficient (Wildman–Crippen LogP) is 3.02. The number of carbonyl (C=O) groups excluding carboxylic acids is 1. The zero-order chi connectivity index (χ0) is 19.3. The fraction of sp³-hybridized carbons (Fsp3) is 0.278. The van der Waals surface area contributed by atoms with Gasteiger partial charge in [0.05, 0.1) is 23.7 Å². The van der Waals surface area contributed by atoms with Crippen molar-refractivity contribution in [3.8, 4) is 5.75 Å². The molecule has 0 saturated carbocycles. The van der Waals surface area contributed by atoms with Gasteiger partial charge in [0, 0.05) is 0 Å². The number of rotatable bonds is 7. The molecule has 2 rings (SSSR count). The molecule has 26 heavy (non-hydrogen) atoms. The van der Waals surface area contributed by atoms with Crippen LogP contribution in [0.25, 0.3) is 0 Å². The number of nitrogens with one attached hydrogen (secondary N) is 1. The molecule has 0 aliphatic rings. The molecule has 0 unspecified atom stereocenters. The third-order valence-corrected chi connectivity index (χ3v) is 4.46. The molecule has 0 radical (unpaired) electrons. The van der Waals surface area contributed by atoms with Crippen LogP contribution < -0.4 is 14.4 Å². The summed E-state index contributed by atoms with van der Waals surface area (Å²) in [6.07, 6.45) is 0.821. The predicted molar refractivity (Wildman–Crippen MR) is 99.4 cm³/mol. The topological polar surface area (TPSA) is 75.7 Å². The highest BCUT2D eigenvalue weighted by Crippen LogP contribution is 2.26. The molecule has 0 spiro atoms. The van der Waals surface area contributed by atoms with Gasteiger partial charge in [0.25, 0.3) is 0 Å². The Kier molecular flexibility index (Phi) is 6.20. The number of nitrogens with zero attached hydrogens (tertiary/aromatic N) is 1. The molecule has 2 aromatic carbocycles. The van der Waals surface area contributed by atoms with Gasteiger partial charge in [-0.05, 0) is 38.1 Å². The molecule has 2 aromatic rings. The first kappa shape index (κ1) is 19.7. The first-order valence-corrected chi connectivity index (χ1v) is 9.81. The first-order chi connectivity index (χ1) is 12.2. The van der Waals surface area contributed by atoms with Crippen LogP contribution in [-0.2, 0) is 14.8 Å². The normalized spacial score (nSPS) is 11.3. The van der Waals surface area contributed by atoms with Crippen LogP contribution in [0.1, 0.15) is 13.8 Å². The molecule has 1 N–H and O–H groups in total. The molecule has 0 saturated heterocycles. The maximum absolute atomic E-state index is 14.0. The van der Waals surface area contributed by atoms with Gasteiger partial charge in [-0.15, -0.1) is 0 Å². The van der Waals surface area contributed by atoms with Crippen LogP contribution in [0.4, 0.5) is 15.8 Å². The van der Waals surface area contributed by atoms with Crippen LogP contribution in [0.2, 0.25) is 0 Å². The van der Waals surface area contributed by atoms with Crippen molar-refractivity contribution < 1.29 is 22.3 Å². The van der Waals surface area contributed by atoms with E-state index in [-0.39, 0.29) is 11.8 Å². The van der Waals surface area contributed by atoms with Gasteiger partial charge in [0.1, 0.15) is 18.1 Å². The number of hydrogen-bond acceptors (Lipinski definition) is 4. The zero-order valence-electron chi connectivity index (χ0n) is 14.8. The molecular formula is C18H21FN2O4S. The Balaban J connectivity index is 2.23. The van der Waals surface area contributed by atoms with Gasteiger partial charge in [0.15, 0.2) is 0 Å². The number of benzene rings is 2. The van der Waals surface area contributed by atoms with Crippen LogP contribution in [0.3, 0.4) is 0 Å². The maximum Gasteiger partial charge on any atom is 0.245 e. The minimum atomic E-state index is -3.86. The number of anilines is 2. The highest BCUT2D eigenvalue weighted by Gasteiger charge is 2.23. The molecule has 0 atom stereocenters. The lowest BCUT2D eigenvalue weighted by molar-refractivity contribution is -0.114. The van der Waals surface area contributed by atoms with E-state index in [1.807, 2.05) is 13.8 Å². The lowest BCUT2D eigenvalue weighted by Crippen LogP contribution is -2.38. The van der Waals surface area contributed by atoms with Gasteiger partial charge in [-0.2, -0.15) is 0 Å². The molecule has 1 amide bonds. The summed E-state index contributed by atoms with van der Waals surface area (Å²) in [4.78, 5) is 12.4. The molecular weight excluding hydrogens is 359 g/mol. The molecule has 0 aromatic heterocycles. The van der Waals surface area contributed by atoms with E-state index in [1.54, 1.807) is 24.3 Å². The standard InChI is InChI=1S/C18H21FN2O4S/c1-13(2)25-17-11-7-5-9-15(17)20-18(22)12-21(26(3,23)24)16-10-6-4-8-14(16)19/h4-11,13H,12H2,1-3H3,(H,20,22). The van der Waals surface area contributed by atoms with Gasteiger partial charge in [0.2, 0.25) is 15.9 Å². The highest BCUT2D eigenvalue weighted by molar-refractivity contribution is 7.92. The molecule has 0 aliphatic carbocycles. The first-order valence-electron chi connectivity index (χ1n) is 7.96. The summed E-state index contributed by atoms with van der Waals surface area (Å²) < 4.78 is 44.4. The van der Waals surface area contributed by atoms with Crippen LogP contribution in [0, 0.1) is 5.82 Å². The number of sulfonamides is 1. The van der Waals surface area contributed by atoms with E-state index >= 15 is 0 Å². The van der Waals surface area contributed by atoms with E-state index in [4.69, 9.17) is 4.74 Å². The second-order valence-electron chi connectivity index (χ2n) is 5.93. The number of halogens is 1. The number of para-hydroxylation sites is 3. The largest absolute Gasteiger partial charge is 0.489 e. The number of carbonyl (C=O) groups is 1. The second kappa shape index (κ2) is 8.18. The van der Waals surface area contributed by atoms with Crippen molar-refractivity contribution in [2.75, 3.05) is 22.4 Å². The number of hydrogen-bond donors (Lipinski definition) is 1. The Hall–Kier alpha value is -2.61. The summed E-state index contributed by atoms with van der Waals surface area (Å²) in [5, 5.41) is 2.62. The van der Waals surface area contributed by atoms with E-state index in [0.29, 0.717) is 11.4 Å². The molecule has 0 bridgehead atoms. The maximum atomic E-state index is 14.0. The minimum absolute atomic E-state index is 0.0982. The summed E-state index contributed by atoms with van der Waals surface area (Å²) in [6.45, 7) is 3.14. The Morgan fingerprint density at radius 2 is 1.77 bits per heavy atom. The third-order valence-electron chi connectivity index (χ3n) is 3.33. The van der Waals surface area contributed by atoms with Crippen molar-refractivity contribution in [3.63, 3.8) is 0 Å². The summed E-state index contributed by atoms with van der Waals surface area (Å²) in [6, 6.07) is 12.2. The van der Waals surface area contributed by atoms with Crippen LogP contribution in [0.5, 0.6) is 5.75 Å². The molecule has 0 heterocycles. The van der Waals surface area contributed by atoms with Gasteiger partial charge in [-0.25, -0.2) is 12.8 Å². The van der Waals surface area contributed by atoms with E-state index in [9.17, 15) is 17.6 Å². The van der Waals surface area contributed by atoms with Gasteiger partial charge < -0.3 is 10.1 Å². The average molecular weight is 380 g/mol. The van der Waals surface area contributed by atoms with Crippen LogP contribution in [-0.4, -0.2) is 33.2 Å². The van der Waals surface area contributed by atoms with Crippen molar-refractivity contribution in [2.24, 2.45) is 0 Å². The molecule has 0 fully saturated rings. The molecule has 8 heteroatoms. The lowest BCUT2D eigenvalue weighted by atomic mass is 10.2. The summed E-state index contributed by atoms with van der Waals surface area (Å²) in [5.74, 6) is -0.875. The van der Waals surface area contributed by atoms with E-state index in [1.165, 1.54) is 18.2 Å². The van der Waals surface area contributed by atoms with Crippen molar-refractivity contribution in [1.82, 2.24) is 0 Å². The van der Waals surface area contributed by atoms with Gasteiger partial charge >= 0.3 is 0 Å². The van der Waals surface area contributed by atoms with E-state index in [0.717, 1.165) is 16.6 Å². The Morgan fingerprint density at radius 1 is 1.15 bits per heavy atom. The molecule has 6 nitrogen and oxygen atoms in total. The molecule has 140 valence electrons. The Bertz CT molecular complexity index is 884. The van der Waals surface area contributed by atoms with Crippen LogP contribution in [0.15, 0.2) is 48.5 Å². The van der Waals surface area contributed by atoms with E-state index < -0.39 is 28.3 Å². The summed E-state index contributed by atoms with van der Waals surface area (Å²) in [5.41, 5.74) is 0.227. The van der Waals surface area contributed by atoms with Crippen molar-refractivity contribution in [1.29, 1.82) is 0 Å². The molecule has 0 aliphatic heterocycles. The van der Waals surface area contributed by atoms with Crippen molar-refractivity contribution >= 4 is 27.3 Å². The van der Waals surface area contributed by atoms with Crippen molar-refractivity contribution in [2.45, 2.75) is 20.0 Å². The van der Waals surface area contributed by atoms with Crippen LogP contribution >= 0.6 is 0 Å². The summed E-state index contributed by atoms with van der Waals surface area (Å²) in [7, 11) is -3.86. The SMILES string of the molecule is CC(C)Oc1ccccc1NC(=O)CN(c1ccccc1F)S(C)(=O)=O. The highest BCUT2D eigenvalue weighted by atomic mass is 32.2. The number of ether oxygens (including phenoxy) is 1. The van der Waals surface area contributed by atoms with E-state index in [2.05, 4.69) is 5.32 Å². The second-order valence-corrected chi connectivity index (χ2v) is 7.84. The Morgan fingerprint density at radius 3 is 2.38 bits per heavy atom. The van der Waals surface area contributed by atoms with Crippen molar-refractivity contribution in [3.05, 3.63) is 54.3 Å². The Labute approximate surface area is 152 Å². The summed E-state index contributed by atoms with van der Waals surface area (Å²) >= 11 is 0. The quantitative estimate of drug-likeness (QED) is 0.801.